The van der Waals surface area contributed by atoms with Gasteiger partial charge in [-0.2, -0.15) is 0 Å². The number of rotatable bonds is 6. The van der Waals surface area contributed by atoms with E-state index in [0.717, 1.165) is 38.9 Å². The van der Waals surface area contributed by atoms with E-state index >= 15 is 0 Å². The summed E-state index contributed by atoms with van der Waals surface area (Å²) in [5, 5.41) is 3.34. The topological polar surface area (TPSA) is 15.3 Å². The Morgan fingerprint density at radius 1 is 1.47 bits per heavy atom. The number of nitrogens with zero attached hydrogens (tertiary/aromatic N) is 1. The Morgan fingerprint density at radius 2 is 2.20 bits per heavy atom. The first-order valence-electron chi connectivity index (χ1n) is 5.75. The Labute approximate surface area is 91.0 Å². The Bertz CT molecular complexity index is 179. The van der Waals surface area contributed by atoms with Gasteiger partial charge in [-0.05, 0) is 31.8 Å². The summed E-state index contributed by atoms with van der Waals surface area (Å²) in [6, 6.07) is 0. The van der Waals surface area contributed by atoms with E-state index in [1.807, 2.05) is 0 Å². The first kappa shape index (κ1) is 12.8. The first-order chi connectivity index (χ1) is 7.08. The van der Waals surface area contributed by atoms with Crippen LogP contribution in [0.4, 0.5) is 8.78 Å². The van der Waals surface area contributed by atoms with Crippen molar-refractivity contribution in [1.29, 1.82) is 0 Å². The van der Waals surface area contributed by atoms with Gasteiger partial charge in [0.25, 0.3) is 6.43 Å². The van der Waals surface area contributed by atoms with Crippen molar-refractivity contribution in [2.45, 2.75) is 32.6 Å². The van der Waals surface area contributed by atoms with E-state index in [4.69, 9.17) is 0 Å². The molecule has 0 aromatic rings. The van der Waals surface area contributed by atoms with E-state index < -0.39 is 6.43 Å². The largest absolute Gasteiger partial charge is 0.316 e. The minimum atomic E-state index is -2.22. The maximum atomic E-state index is 12.2. The van der Waals surface area contributed by atoms with Crippen LogP contribution in [-0.4, -0.2) is 44.6 Å². The molecule has 1 fully saturated rings. The molecule has 1 atom stereocenters. The van der Waals surface area contributed by atoms with Gasteiger partial charge in [0.1, 0.15) is 0 Å². The van der Waals surface area contributed by atoms with E-state index in [-0.39, 0.29) is 12.0 Å². The number of hydrogen-bond donors (Lipinski definition) is 1. The molecule has 0 aromatic carbocycles. The summed E-state index contributed by atoms with van der Waals surface area (Å²) in [7, 11) is 1.79. The highest BCUT2D eigenvalue weighted by Crippen LogP contribution is 2.31. The minimum absolute atomic E-state index is 0.106. The maximum Gasteiger partial charge on any atom is 0.251 e. The third-order valence-corrected chi connectivity index (χ3v) is 3.17. The summed E-state index contributed by atoms with van der Waals surface area (Å²) >= 11 is 0. The molecule has 0 spiro atoms. The van der Waals surface area contributed by atoms with Crippen LogP contribution in [0.15, 0.2) is 0 Å². The summed E-state index contributed by atoms with van der Waals surface area (Å²) in [5.41, 5.74) is 0.235. The highest BCUT2D eigenvalue weighted by atomic mass is 19.3. The minimum Gasteiger partial charge on any atom is -0.316 e. The highest BCUT2D eigenvalue weighted by molar-refractivity contribution is 4.89. The molecule has 0 radical (unpaired) electrons. The lowest BCUT2D eigenvalue weighted by Crippen LogP contribution is -2.39. The van der Waals surface area contributed by atoms with Gasteiger partial charge in [0, 0.05) is 13.1 Å². The zero-order valence-corrected chi connectivity index (χ0v) is 9.73. The fraction of sp³-hybridized carbons (Fsp3) is 1.00. The van der Waals surface area contributed by atoms with Crippen LogP contribution in [-0.2, 0) is 0 Å². The molecule has 15 heavy (non-hydrogen) atoms. The Kier molecular flexibility index (Phi) is 4.93. The molecule has 1 aliphatic heterocycles. The Balaban J connectivity index is 2.43. The van der Waals surface area contributed by atoms with Crippen LogP contribution in [0.25, 0.3) is 0 Å². The van der Waals surface area contributed by atoms with E-state index in [9.17, 15) is 8.78 Å². The average molecular weight is 220 g/mol. The lowest BCUT2D eigenvalue weighted by molar-refractivity contribution is 0.0764. The lowest BCUT2D eigenvalue weighted by atomic mass is 9.82. The van der Waals surface area contributed by atoms with E-state index in [2.05, 4.69) is 12.2 Å². The predicted molar refractivity (Wildman–Crippen MR) is 58.3 cm³/mol. The summed E-state index contributed by atoms with van der Waals surface area (Å²) in [5.74, 6) is 0. The highest BCUT2D eigenvalue weighted by Gasteiger charge is 2.34. The Morgan fingerprint density at radius 3 is 2.67 bits per heavy atom. The Hall–Kier alpha value is -0.220. The van der Waals surface area contributed by atoms with E-state index in [0.29, 0.717) is 0 Å². The smallest absolute Gasteiger partial charge is 0.251 e. The molecule has 1 heterocycles. The first-order valence-corrected chi connectivity index (χ1v) is 5.75. The molecular weight excluding hydrogens is 198 g/mol. The third kappa shape index (κ3) is 4.03. The molecule has 0 aromatic heterocycles. The maximum absolute atomic E-state index is 12.2. The van der Waals surface area contributed by atoms with Gasteiger partial charge in [-0.25, -0.2) is 8.78 Å². The normalized spacial score (nSPS) is 26.8. The molecule has 0 saturated carbocycles. The van der Waals surface area contributed by atoms with Crippen LogP contribution < -0.4 is 5.32 Å². The van der Waals surface area contributed by atoms with Crippen LogP contribution in [0.5, 0.6) is 0 Å². The molecule has 0 aliphatic carbocycles. The third-order valence-electron chi connectivity index (χ3n) is 3.17. The van der Waals surface area contributed by atoms with Crippen molar-refractivity contribution in [2.75, 3.05) is 33.2 Å². The van der Waals surface area contributed by atoms with Crippen molar-refractivity contribution in [2.24, 2.45) is 5.41 Å². The predicted octanol–water partition coefficient (Wildman–Crippen LogP) is 1.96. The van der Waals surface area contributed by atoms with Gasteiger partial charge in [-0.3, -0.25) is 0 Å². The summed E-state index contributed by atoms with van der Waals surface area (Å²) < 4.78 is 24.4. The summed E-state index contributed by atoms with van der Waals surface area (Å²) in [6.45, 7) is 4.85. The second-order valence-electron chi connectivity index (χ2n) is 4.76. The van der Waals surface area contributed by atoms with Crippen LogP contribution in [0, 0.1) is 5.41 Å². The van der Waals surface area contributed by atoms with Gasteiger partial charge < -0.3 is 10.2 Å². The summed E-state index contributed by atoms with van der Waals surface area (Å²) in [4.78, 5) is 1.77. The van der Waals surface area contributed by atoms with Crippen LogP contribution in [0.2, 0.25) is 0 Å². The van der Waals surface area contributed by atoms with Crippen molar-refractivity contribution in [1.82, 2.24) is 10.2 Å². The van der Waals surface area contributed by atoms with Gasteiger partial charge in [0.05, 0.1) is 6.54 Å². The van der Waals surface area contributed by atoms with Gasteiger partial charge in [-0.15, -0.1) is 0 Å². The molecule has 2 nitrogen and oxygen atoms in total. The molecule has 1 unspecified atom stereocenters. The monoisotopic (exact) mass is 220 g/mol. The summed E-state index contributed by atoms with van der Waals surface area (Å²) in [6.07, 6.45) is 1.16. The van der Waals surface area contributed by atoms with Crippen molar-refractivity contribution >= 4 is 0 Å². The fourth-order valence-corrected chi connectivity index (χ4v) is 2.63. The molecular formula is C11H22F2N2. The zero-order chi connectivity index (χ0) is 11.3. The number of halogens is 2. The fourth-order valence-electron chi connectivity index (χ4n) is 2.63. The average Bonchev–Trinajstić information content (AvgIpc) is 2.51. The molecule has 1 rings (SSSR count). The number of nitrogens with one attached hydrogen (secondary N) is 1. The molecule has 1 N–H and O–H groups in total. The molecule has 1 aliphatic rings. The number of alkyl halides is 2. The van der Waals surface area contributed by atoms with Gasteiger partial charge in [-0.1, -0.05) is 13.3 Å². The molecule has 1 saturated heterocycles. The van der Waals surface area contributed by atoms with Crippen molar-refractivity contribution < 1.29 is 8.78 Å². The number of hydrogen-bond acceptors (Lipinski definition) is 2. The second kappa shape index (κ2) is 5.75. The second-order valence-corrected chi connectivity index (χ2v) is 4.76. The standard InChI is InChI=1S/C11H22F2N2/c1-3-4-11(5-6-14-8-11)9-15(2)7-10(12)13/h10,14H,3-9H2,1-2H3. The van der Waals surface area contributed by atoms with Gasteiger partial charge in [0.2, 0.25) is 0 Å². The van der Waals surface area contributed by atoms with Gasteiger partial charge in [0.15, 0.2) is 0 Å². The van der Waals surface area contributed by atoms with Crippen LogP contribution >= 0.6 is 0 Å². The molecule has 4 heteroatoms. The van der Waals surface area contributed by atoms with E-state index in [1.165, 1.54) is 0 Å². The van der Waals surface area contributed by atoms with Crippen molar-refractivity contribution in [3.8, 4) is 0 Å². The quantitative estimate of drug-likeness (QED) is 0.736. The van der Waals surface area contributed by atoms with Gasteiger partial charge >= 0.3 is 0 Å². The zero-order valence-electron chi connectivity index (χ0n) is 9.73. The van der Waals surface area contributed by atoms with Crippen molar-refractivity contribution in [3.05, 3.63) is 0 Å². The molecule has 90 valence electrons. The molecule has 0 amide bonds. The van der Waals surface area contributed by atoms with Crippen molar-refractivity contribution in [3.63, 3.8) is 0 Å². The van der Waals surface area contributed by atoms with Crippen LogP contribution in [0.1, 0.15) is 26.2 Å². The SMILES string of the molecule is CCCC1(CN(C)CC(F)F)CCNC1. The van der Waals surface area contributed by atoms with Crippen LogP contribution in [0.3, 0.4) is 0 Å². The molecule has 0 bridgehead atoms. The lowest BCUT2D eigenvalue weighted by Gasteiger charge is -2.32. The van der Waals surface area contributed by atoms with E-state index in [1.54, 1.807) is 11.9 Å².